The van der Waals surface area contributed by atoms with E-state index in [0.717, 1.165) is 0 Å². The van der Waals surface area contributed by atoms with Gasteiger partial charge in [0.2, 0.25) is 0 Å². The molecule has 0 spiro atoms. The van der Waals surface area contributed by atoms with Crippen LogP contribution in [-0.4, -0.2) is 35.4 Å². The van der Waals surface area contributed by atoms with Crippen LogP contribution >= 0.6 is 0 Å². The molecule has 0 fully saturated rings. The van der Waals surface area contributed by atoms with Crippen LogP contribution in [0.3, 0.4) is 0 Å². The summed E-state index contributed by atoms with van der Waals surface area (Å²) >= 11 is 0. The van der Waals surface area contributed by atoms with Crippen LogP contribution in [0.1, 0.15) is 24.2 Å². The van der Waals surface area contributed by atoms with Crippen LogP contribution in [-0.2, 0) is 0 Å². The molecule has 17 heavy (non-hydrogen) atoms. The second kappa shape index (κ2) is 4.63. The summed E-state index contributed by atoms with van der Waals surface area (Å²) in [6, 6.07) is 4.57. The van der Waals surface area contributed by atoms with Crippen LogP contribution in [0, 0.1) is 0 Å². The van der Waals surface area contributed by atoms with E-state index < -0.39 is 11.5 Å². The van der Waals surface area contributed by atoms with Gasteiger partial charge in [0.25, 0.3) is 0 Å². The maximum absolute atomic E-state index is 10.8. The Morgan fingerprint density at radius 3 is 2.47 bits per heavy atom. The van der Waals surface area contributed by atoms with Gasteiger partial charge in [-0.15, -0.1) is 0 Å². The van der Waals surface area contributed by atoms with Gasteiger partial charge in [-0.25, -0.2) is 4.79 Å². The number of nitrogens with zero attached hydrogens (tertiary/aromatic N) is 1. The molecule has 1 aromatic rings. The van der Waals surface area contributed by atoms with Crippen molar-refractivity contribution in [3.05, 3.63) is 23.8 Å². The number of aromatic carboxylic acids is 1. The molecule has 0 saturated carbocycles. The lowest BCUT2D eigenvalue weighted by Crippen LogP contribution is -2.44. The maximum atomic E-state index is 10.8. The van der Waals surface area contributed by atoms with E-state index in [2.05, 4.69) is 0 Å². The minimum absolute atomic E-state index is 0.0242. The Balaban J connectivity index is 3.12. The van der Waals surface area contributed by atoms with E-state index in [4.69, 9.17) is 10.8 Å². The molecule has 0 atom stereocenters. The predicted molar refractivity (Wildman–Crippen MR) is 67.4 cm³/mol. The highest BCUT2D eigenvalue weighted by molar-refractivity contribution is 5.90. The molecule has 0 heterocycles. The number of aliphatic hydroxyl groups is 1. The van der Waals surface area contributed by atoms with Gasteiger partial charge in [0.05, 0.1) is 29.1 Å². The zero-order valence-electron chi connectivity index (χ0n) is 10.3. The Morgan fingerprint density at radius 2 is 2.06 bits per heavy atom. The lowest BCUT2D eigenvalue weighted by Gasteiger charge is -2.36. The molecule has 0 aliphatic rings. The fourth-order valence-electron chi connectivity index (χ4n) is 1.43. The van der Waals surface area contributed by atoms with E-state index in [0.29, 0.717) is 11.4 Å². The van der Waals surface area contributed by atoms with Gasteiger partial charge in [0.15, 0.2) is 0 Å². The number of carboxylic acids is 1. The van der Waals surface area contributed by atoms with E-state index >= 15 is 0 Å². The summed E-state index contributed by atoms with van der Waals surface area (Å²) in [4.78, 5) is 12.6. The van der Waals surface area contributed by atoms with Crippen molar-refractivity contribution in [3.8, 4) is 0 Å². The highest BCUT2D eigenvalue weighted by atomic mass is 16.4. The first-order valence-corrected chi connectivity index (χ1v) is 5.27. The van der Waals surface area contributed by atoms with E-state index in [1.165, 1.54) is 12.1 Å². The van der Waals surface area contributed by atoms with Gasteiger partial charge < -0.3 is 20.8 Å². The number of aliphatic hydroxyl groups excluding tert-OH is 1. The summed E-state index contributed by atoms with van der Waals surface area (Å²) < 4.78 is 0. The second-order valence-corrected chi connectivity index (χ2v) is 4.61. The zero-order valence-corrected chi connectivity index (χ0v) is 10.3. The minimum atomic E-state index is -1.01. The van der Waals surface area contributed by atoms with Crippen molar-refractivity contribution in [1.29, 1.82) is 0 Å². The maximum Gasteiger partial charge on any atom is 0.335 e. The first-order chi connectivity index (χ1) is 7.79. The summed E-state index contributed by atoms with van der Waals surface area (Å²) in [7, 11) is 1.81. The number of hydrogen-bond donors (Lipinski definition) is 3. The third-order valence-corrected chi connectivity index (χ3v) is 2.93. The van der Waals surface area contributed by atoms with Gasteiger partial charge in [-0.2, -0.15) is 0 Å². The SMILES string of the molecule is CN(c1ccc(C(=O)O)cc1N)C(C)(C)CO. The molecule has 0 unspecified atom stereocenters. The van der Waals surface area contributed by atoms with Gasteiger partial charge in [0, 0.05) is 7.05 Å². The number of nitrogens with two attached hydrogens (primary N) is 1. The molecular formula is C12H18N2O3. The number of nitrogen functional groups attached to an aromatic ring is 1. The molecule has 94 valence electrons. The first kappa shape index (κ1) is 13.3. The monoisotopic (exact) mass is 238 g/mol. The van der Waals surface area contributed by atoms with Gasteiger partial charge in [-0.05, 0) is 32.0 Å². The third kappa shape index (κ3) is 2.68. The Hall–Kier alpha value is -1.75. The van der Waals surface area contributed by atoms with E-state index in [1.807, 2.05) is 25.8 Å². The molecule has 0 amide bonds. The largest absolute Gasteiger partial charge is 0.478 e. The van der Waals surface area contributed by atoms with Crippen LogP contribution in [0.2, 0.25) is 0 Å². The molecule has 4 N–H and O–H groups in total. The number of benzene rings is 1. The number of likely N-dealkylation sites (N-methyl/N-ethyl adjacent to an activating group) is 1. The molecule has 0 aromatic heterocycles. The van der Waals surface area contributed by atoms with Gasteiger partial charge in [-0.3, -0.25) is 0 Å². The summed E-state index contributed by atoms with van der Waals surface area (Å²) in [5.41, 5.74) is 6.61. The Kier molecular flexibility index (Phi) is 3.63. The second-order valence-electron chi connectivity index (χ2n) is 4.61. The van der Waals surface area contributed by atoms with Crippen LogP contribution < -0.4 is 10.6 Å². The molecule has 5 nitrogen and oxygen atoms in total. The highest BCUT2D eigenvalue weighted by Crippen LogP contribution is 2.28. The van der Waals surface area contributed by atoms with Crippen molar-refractivity contribution in [2.45, 2.75) is 19.4 Å². The third-order valence-electron chi connectivity index (χ3n) is 2.93. The standard InChI is InChI=1S/C12H18N2O3/c1-12(2,7-15)14(3)10-5-4-8(11(16)17)6-9(10)13/h4-6,15H,7,13H2,1-3H3,(H,16,17). The van der Waals surface area contributed by atoms with Crippen LogP contribution in [0.5, 0.6) is 0 Å². The molecule has 0 aliphatic carbocycles. The van der Waals surface area contributed by atoms with Crippen molar-refractivity contribution in [2.24, 2.45) is 0 Å². The van der Waals surface area contributed by atoms with Crippen LogP contribution in [0.4, 0.5) is 11.4 Å². The smallest absolute Gasteiger partial charge is 0.335 e. The average molecular weight is 238 g/mol. The number of hydrogen-bond acceptors (Lipinski definition) is 4. The number of rotatable bonds is 4. The van der Waals surface area contributed by atoms with Crippen molar-refractivity contribution in [2.75, 3.05) is 24.3 Å². The summed E-state index contributed by atoms with van der Waals surface area (Å²) in [6.45, 7) is 3.72. The lowest BCUT2D eigenvalue weighted by molar-refractivity contribution is 0.0697. The minimum Gasteiger partial charge on any atom is -0.478 e. The summed E-state index contributed by atoms with van der Waals surface area (Å²) in [5.74, 6) is -1.01. The fourth-order valence-corrected chi connectivity index (χ4v) is 1.43. The Labute approximate surface area is 100 Å². The first-order valence-electron chi connectivity index (χ1n) is 5.27. The molecule has 5 heteroatoms. The number of carboxylic acid groups (broad SMARTS) is 1. The topological polar surface area (TPSA) is 86.8 Å². The zero-order chi connectivity index (χ0) is 13.2. The molecule has 1 rings (SSSR count). The van der Waals surface area contributed by atoms with Crippen molar-refractivity contribution in [1.82, 2.24) is 0 Å². The molecule has 0 bridgehead atoms. The quantitative estimate of drug-likeness (QED) is 0.685. The Bertz CT molecular complexity index is 430. The molecular weight excluding hydrogens is 220 g/mol. The molecule has 0 aliphatic heterocycles. The fraction of sp³-hybridized carbons (Fsp3) is 0.417. The van der Waals surface area contributed by atoms with Crippen molar-refractivity contribution in [3.63, 3.8) is 0 Å². The van der Waals surface area contributed by atoms with E-state index in [1.54, 1.807) is 6.07 Å². The lowest BCUT2D eigenvalue weighted by atomic mass is 10.0. The van der Waals surface area contributed by atoms with E-state index in [-0.39, 0.29) is 12.2 Å². The van der Waals surface area contributed by atoms with Crippen LogP contribution in [0.15, 0.2) is 18.2 Å². The van der Waals surface area contributed by atoms with Gasteiger partial charge in [-0.1, -0.05) is 0 Å². The molecule has 1 aromatic carbocycles. The average Bonchev–Trinajstić information content (AvgIpc) is 2.27. The summed E-state index contributed by atoms with van der Waals surface area (Å²) in [6.07, 6.45) is 0. The molecule has 0 radical (unpaired) electrons. The number of anilines is 2. The van der Waals surface area contributed by atoms with Crippen molar-refractivity contribution < 1.29 is 15.0 Å². The molecule has 0 saturated heterocycles. The Morgan fingerprint density at radius 1 is 1.47 bits per heavy atom. The van der Waals surface area contributed by atoms with Gasteiger partial charge in [0.1, 0.15) is 0 Å². The predicted octanol–water partition coefficient (Wildman–Crippen LogP) is 1.17. The van der Waals surface area contributed by atoms with E-state index in [9.17, 15) is 9.90 Å². The van der Waals surface area contributed by atoms with Crippen molar-refractivity contribution >= 4 is 17.3 Å². The summed E-state index contributed by atoms with van der Waals surface area (Å²) in [5, 5.41) is 18.1. The van der Waals surface area contributed by atoms with Gasteiger partial charge >= 0.3 is 5.97 Å². The highest BCUT2D eigenvalue weighted by Gasteiger charge is 2.24. The van der Waals surface area contributed by atoms with Crippen LogP contribution in [0.25, 0.3) is 0 Å². The normalized spacial score (nSPS) is 11.3. The number of carbonyl (C=O) groups is 1.